The fourth-order valence-electron chi connectivity index (χ4n) is 1.36. The number of hydrogen-bond acceptors (Lipinski definition) is 4. The Labute approximate surface area is 102 Å². The van der Waals surface area contributed by atoms with Crippen LogP contribution in [0.5, 0.6) is 0 Å². The number of aliphatic hydroxyl groups excluding tert-OH is 1. The molecule has 0 unspecified atom stereocenters. The van der Waals surface area contributed by atoms with Crippen LogP contribution in [-0.4, -0.2) is 27.4 Å². The zero-order chi connectivity index (χ0) is 12.0. The van der Waals surface area contributed by atoms with Crippen LogP contribution < -0.4 is 0 Å². The maximum Gasteiger partial charge on any atom is 0.187 e. The number of aromatic nitrogens is 2. The summed E-state index contributed by atoms with van der Waals surface area (Å²) in [6.45, 7) is 6.41. The van der Waals surface area contributed by atoms with E-state index in [1.807, 2.05) is 13.8 Å². The number of aryl methyl sites for hydroxylation is 2. The van der Waals surface area contributed by atoms with Crippen molar-refractivity contribution >= 4 is 11.8 Å². The second-order valence-electron chi connectivity index (χ2n) is 3.93. The van der Waals surface area contributed by atoms with Gasteiger partial charge in [-0.3, -0.25) is 0 Å². The Bertz CT molecular complexity index is 319. The van der Waals surface area contributed by atoms with E-state index < -0.39 is 0 Å². The average molecular weight is 240 g/mol. The third-order valence-corrected chi connectivity index (χ3v) is 3.58. The van der Waals surface area contributed by atoms with Crippen molar-refractivity contribution < 1.29 is 5.11 Å². The lowest BCUT2D eigenvalue weighted by molar-refractivity contribution is 0.284. The van der Waals surface area contributed by atoms with Gasteiger partial charge < -0.3 is 5.11 Å². The molecule has 0 bridgehead atoms. The van der Waals surface area contributed by atoms with Gasteiger partial charge in [-0.25, -0.2) is 9.97 Å². The van der Waals surface area contributed by atoms with E-state index in [-0.39, 0.29) is 0 Å². The van der Waals surface area contributed by atoms with Crippen molar-refractivity contribution in [3.05, 3.63) is 17.0 Å². The topological polar surface area (TPSA) is 46.0 Å². The second kappa shape index (κ2) is 6.86. The van der Waals surface area contributed by atoms with Crippen molar-refractivity contribution in [3.8, 4) is 0 Å². The van der Waals surface area contributed by atoms with Gasteiger partial charge in [-0.1, -0.05) is 18.2 Å². The fourth-order valence-corrected chi connectivity index (χ4v) is 2.29. The molecule has 1 aromatic heterocycles. The first kappa shape index (κ1) is 13.5. The van der Waals surface area contributed by atoms with Crippen LogP contribution >= 0.6 is 11.8 Å². The van der Waals surface area contributed by atoms with Crippen LogP contribution in [0.1, 0.15) is 36.2 Å². The monoisotopic (exact) mass is 240 g/mol. The van der Waals surface area contributed by atoms with Gasteiger partial charge in [0, 0.05) is 23.7 Å². The normalized spacial score (nSPS) is 10.8. The highest BCUT2D eigenvalue weighted by Gasteiger charge is 2.04. The molecule has 1 N–H and O–H groups in total. The van der Waals surface area contributed by atoms with E-state index in [2.05, 4.69) is 16.9 Å². The predicted octanol–water partition coefficient (Wildman–Crippen LogP) is 2.66. The Morgan fingerprint density at radius 2 is 1.62 bits per heavy atom. The smallest absolute Gasteiger partial charge is 0.187 e. The van der Waals surface area contributed by atoms with Gasteiger partial charge in [-0.15, -0.1) is 0 Å². The number of nitrogens with zero attached hydrogens (tertiary/aromatic N) is 2. The summed E-state index contributed by atoms with van der Waals surface area (Å²) in [6.07, 6.45) is 3.08. The molecule has 0 radical (unpaired) electrons. The Kier molecular flexibility index (Phi) is 5.77. The third-order valence-electron chi connectivity index (χ3n) is 2.65. The minimum atomic E-state index is 0.296. The van der Waals surface area contributed by atoms with Gasteiger partial charge in [0.05, 0.1) is 0 Å². The molecule has 0 aliphatic rings. The lowest BCUT2D eigenvalue weighted by atomic mass is 10.2. The maximum atomic E-state index is 8.65. The van der Waals surface area contributed by atoms with Gasteiger partial charge >= 0.3 is 0 Å². The van der Waals surface area contributed by atoms with E-state index in [0.29, 0.717) is 6.61 Å². The van der Waals surface area contributed by atoms with Gasteiger partial charge in [-0.2, -0.15) is 0 Å². The van der Waals surface area contributed by atoms with Gasteiger partial charge in [0.15, 0.2) is 5.16 Å². The molecule has 90 valence electrons. The van der Waals surface area contributed by atoms with Gasteiger partial charge in [0.1, 0.15) is 0 Å². The summed E-state index contributed by atoms with van der Waals surface area (Å²) in [5.41, 5.74) is 3.33. The summed E-state index contributed by atoms with van der Waals surface area (Å²) >= 11 is 1.70. The van der Waals surface area contributed by atoms with Crippen LogP contribution in [-0.2, 0) is 0 Å². The predicted molar refractivity (Wildman–Crippen MR) is 67.9 cm³/mol. The van der Waals surface area contributed by atoms with Crippen LogP contribution in [0.3, 0.4) is 0 Å². The number of aliphatic hydroxyl groups is 1. The van der Waals surface area contributed by atoms with Crippen molar-refractivity contribution in [2.24, 2.45) is 0 Å². The van der Waals surface area contributed by atoms with Crippen molar-refractivity contribution in [2.75, 3.05) is 12.4 Å². The molecule has 1 heterocycles. The van der Waals surface area contributed by atoms with Crippen LogP contribution in [0.2, 0.25) is 0 Å². The Hall–Kier alpha value is -0.610. The molecule has 3 nitrogen and oxygen atoms in total. The summed E-state index contributed by atoms with van der Waals surface area (Å²) in [5.74, 6) is 1.03. The molecule has 16 heavy (non-hydrogen) atoms. The van der Waals surface area contributed by atoms with Crippen LogP contribution in [0.15, 0.2) is 5.16 Å². The molecule has 0 amide bonds. The zero-order valence-corrected chi connectivity index (χ0v) is 11.1. The van der Waals surface area contributed by atoms with Crippen molar-refractivity contribution in [2.45, 2.75) is 45.2 Å². The van der Waals surface area contributed by atoms with E-state index in [0.717, 1.165) is 41.6 Å². The second-order valence-corrected chi connectivity index (χ2v) is 5.00. The molecule has 0 aliphatic heterocycles. The lowest BCUT2D eigenvalue weighted by Crippen LogP contribution is -1.98. The van der Waals surface area contributed by atoms with Crippen LogP contribution in [0.4, 0.5) is 0 Å². The highest BCUT2D eigenvalue weighted by atomic mass is 32.2. The number of hydrogen-bond donors (Lipinski definition) is 1. The summed E-state index contributed by atoms with van der Waals surface area (Å²) in [7, 11) is 0. The average Bonchev–Trinajstić information content (AvgIpc) is 2.25. The molecule has 0 spiro atoms. The number of thioether (sulfide) groups is 1. The minimum absolute atomic E-state index is 0.296. The molecule has 0 fully saturated rings. The summed E-state index contributed by atoms with van der Waals surface area (Å²) in [5, 5.41) is 9.53. The molecular weight excluding hydrogens is 220 g/mol. The third kappa shape index (κ3) is 4.10. The SMILES string of the molecule is Cc1nc(SCCCCCO)nc(C)c1C. The molecule has 1 aromatic rings. The Morgan fingerprint density at radius 3 is 2.19 bits per heavy atom. The minimum Gasteiger partial charge on any atom is -0.396 e. The molecule has 4 heteroatoms. The lowest BCUT2D eigenvalue weighted by Gasteiger charge is -2.06. The van der Waals surface area contributed by atoms with Gasteiger partial charge in [-0.05, 0) is 39.2 Å². The van der Waals surface area contributed by atoms with E-state index in [1.165, 1.54) is 5.56 Å². The fraction of sp³-hybridized carbons (Fsp3) is 0.667. The van der Waals surface area contributed by atoms with Gasteiger partial charge in [0.2, 0.25) is 0 Å². The highest BCUT2D eigenvalue weighted by Crippen LogP contribution is 2.18. The zero-order valence-electron chi connectivity index (χ0n) is 10.3. The van der Waals surface area contributed by atoms with Crippen molar-refractivity contribution in [1.82, 2.24) is 9.97 Å². The molecule has 0 aliphatic carbocycles. The first-order valence-corrected chi connectivity index (χ1v) is 6.69. The first-order chi connectivity index (χ1) is 7.65. The summed E-state index contributed by atoms with van der Waals surface area (Å²) in [6, 6.07) is 0. The molecular formula is C12H20N2OS. The Morgan fingerprint density at radius 1 is 1.00 bits per heavy atom. The van der Waals surface area contributed by atoms with Crippen molar-refractivity contribution in [3.63, 3.8) is 0 Å². The molecule has 0 saturated carbocycles. The van der Waals surface area contributed by atoms with Crippen LogP contribution in [0, 0.1) is 20.8 Å². The van der Waals surface area contributed by atoms with Crippen LogP contribution in [0.25, 0.3) is 0 Å². The summed E-state index contributed by atoms with van der Waals surface area (Å²) in [4.78, 5) is 8.91. The van der Waals surface area contributed by atoms with E-state index in [4.69, 9.17) is 5.11 Å². The highest BCUT2D eigenvalue weighted by molar-refractivity contribution is 7.99. The maximum absolute atomic E-state index is 8.65. The standard InChI is InChI=1S/C12H20N2OS/c1-9-10(2)13-12(14-11(9)3)16-8-6-4-5-7-15/h15H,4-8H2,1-3H3. The molecule has 1 rings (SSSR count). The quantitative estimate of drug-likeness (QED) is 0.472. The van der Waals surface area contributed by atoms with Crippen molar-refractivity contribution in [1.29, 1.82) is 0 Å². The van der Waals surface area contributed by atoms with Gasteiger partial charge in [0.25, 0.3) is 0 Å². The number of rotatable bonds is 6. The molecule has 0 aromatic carbocycles. The first-order valence-electron chi connectivity index (χ1n) is 5.70. The van der Waals surface area contributed by atoms with E-state index in [9.17, 15) is 0 Å². The Balaban J connectivity index is 2.43. The summed E-state index contributed by atoms with van der Waals surface area (Å²) < 4.78 is 0. The van der Waals surface area contributed by atoms with E-state index in [1.54, 1.807) is 11.8 Å². The molecule has 0 atom stereocenters. The van der Waals surface area contributed by atoms with E-state index >= 15 is 0 Å². The molecule has 0 saturated heterocycles. The largest absolute Gasteiger partial charge is 0.396 e. The number of unbranched alkanes of at least 4 members (excludes halogenated alkanes) is 2.